The van der Waals surface area contributed by atoms with Crippen molar-refractivity contribution in [1.29, 1.82) is 0 Å². The van der Waals surface area contributed by atoms with Crippen LogP contribution in [0.3, 0.4) is 0 Å². The van der Waals surface area contributed by atoms with E-state index in [9.17, 15) is 5.11 Å². The molecule has 0 fully saturated rings. The van der Waals surface area contributed by atoms with E-state index in [1.54, 1.807) is 0 Å². The topological polar surface area (TPSA) is 38.7 Å². The quantitative estimate of drug-likeness (QED) is 0.687. The summed E-state index contributed by atoms with van der Waals surface area (Å²) >= 11 is 0. The van der Waals surface area contributed by atoms with E-state index in [1.165, 1.54) is 0 Å². The van der Waals surface area contributed by atoms with E-state index in [0.717, 1.165) is 5.56 Å². The Morgan fingerprint density at radius 3 is 2.22 bits per heavy atom. The smallest absolute Gasteiger partial charge is 0.0874 e. The largest absolute Gasteiger partial charge is 0.388 e. The molecule has 1 aromatic carbocycles. The van der Waals surface area contributed by atoms with Crippen LogP contribution in [0.4, 0.5) is 0 Å². The summed E-state index contributed by atoms with van der Waals surface area (Å²) in [5.41, 5.74) is 0.482. The van der Waals surface area contributed by atoms with Gasteiger partial charge in [0.2, 0.25) is 0 Å². The van der Waals surface area contributed by atoms with E-state index in [2.05, 4.69) is 0 Å². The molecule has 0 saturated carbocycles. The maximum atomic E-state index is 10.00. The highest BCUT2D eigenvalue weighted by Crippen LogP contribution is 2.14. The van der Waals surface area contributed by atoms with Gasteiger partial charge in [-0.05, 0) is 18.4 Å². The summed E-state index contributed by atoms with van der Waals surface area (Å²) in [6.07, 6.45) is 1.43. The van der Waals surface area contributed by atoms with Gasteiger partial charge < -0.3 is 14.6 Å². The van der Waals surface area contributed by atoms with Crippen LogP contribution in [0.15, 0.2) is 30.3 Å². The fraction of sp³-hybridized carbons (Fsp3) is 0.600. The van der Waals surface area contributed by atoms with Gasteiger partial charge in [-0.2, -0.15) is 0 Å². The van der Waals surface area contributed by atoms with Crippen LogP contribution in [-0.4, -0.2) is 30.5 Å². The molecule has 1 rings (SSSR count). The molecule has 0 heterocycles. The van der Waals surface area contributed by atoms with Gasteiger partial charge in [0.1, 0.15) is 0 Å². The first-order valence-electron chi connectivity index (χ1n) is 6.62. The molecule has 0 aliphatic heterocycles. The Hall–Kier alpha value is -0.900. The second kappa shape index (κ2) is 8.25. The minimum atomic E-state index is -0.681. The summed E-state index contributed by atoms with van der Waals surface area (Å²) in [7, 11) is 0. The molecule has 1 N–H and O–H groups in total. The number of benzene rings is 1. The standard InChI is InChI=1S/C15H24O3/c1-3-15(16,4-2)13-18-11-10-17-12-14-8-6-5-7-9-14/h5-9,16H,3-4,10-13H2,1-2H3. The molecule has 0 radical (unpaired) electrons. The lowest BCUT2D eigenvalue weighted by molar-refractivity contribution is -0.0634. The van der Waals surface area contributed by atoms with Crippen molar-refractivity contribution in [3.8, 4) is 0 Å². The van der Waals surface area contributed by atoms with Crippen LogP contribution in [0.25, 0.3) is 0 Å². The van der Waals surface area contributed by atoms with Crippen LogP contribution in [0.1, 0.15) is 32.3 Å². The first-order valence-corrected chi connectivity index (χ1v) is 6.62. The van der Waals surface area contributed by atoms with Crippen LogP contribution in [0, 0.1) is 0 Å². The number of hydrogen-bond acceptors (Lipinski definition) is 3. The van der Waals surface area contributed by atoms with Gasteiger partial charge in [-0.3, -0.25) is 0 Å². The summed E-state index contributed by atoms with van der Waals surface area (Å²) in [4.78, 5) is 0. The first kappa shape index (κ1) is 15.2. The molecular formula is C15H24O3. The van der Waals surface area contributed by atoms with Gasteiger partial charge in [0, 0.05) is 0 Å². The summed E-state index contributed by atoms with van der Waals surface area (Å²) in [5.74, 6) is 0. The van der Waals surface area contributed by atoms with Gasteiger partial charge in [0.15, 0.2) is 0 Å². The molecule has 0 unspecified atom stereocenters. The van der Waals surface area contributed by atoms with Crippen molar-refractivity contribution < 1.29 is 14.6 Å². The van der Waals surface area contributed by atoms with E-state index in [1.807, 2.05) is 44.2 Å². The Morgan fingerprint density at radius 1 is 1.00 bits per heavy atom. The first-order chi connectivity index (χ1) is 8.70. The highest BCUT2D eigenvalue weighted by atomic mass is 16.5. The van der Waals surface area contributed by atoms with Gasteiger partial charge in [0.05, 0.1) is 32.0 Å². The molecule has 0 bridgehead atoms. The van der Waals surface area contributed by atoms with Crippen molar-refractivity contribution in [1.82, 2.24) is 0 Å². The molecule has 0 amide bonds. The third kappa shape index (κ3) is 5.63. The zero-order valence-corrected chi connectivity index (χ0v) is 11.4. The minimum absolute atomic E-state index is 0.384. The maximum Gasteiger partial charge on any atom is 0.0874 e. The van der Waals surface area contributed by atoms with Gasteiger partial charge >= 0.3 is 0 Å². The molecular weight excluding hydrogens is 228 g/mol. The SMILES string of the molecule is CCC(O)(CC)COCCOCc1ccccc1. The number of aliphatic hydroxyl groups is 1. The molecule has 102 valence electrons. The van der Waals surface area contributed by atoms with Crippen LogP contribution in [-0.2, 0) is 16.1 Å². The van der Waals surface area contributed by atoms with Crippen molar-refractivity contribution in [3.05, 3.63) is 35.9 Å². The molecule has 0 spiro atoms. The summed E-state index contributed by atoms with van der Waals surface area (Å²) in [6, 6.07) is 10.1. The van der Waals surface area contributed by atoms with Crippen molar-refractivity contribution in [2.24, 2.45) is 0 Å². The molecule has 0 saturated heterocycles. The number of hydrogen-bond donors (Lipinski definition) is 1. The average molecular weight is 252 g/mol. The van der Waals surface area contributed by atoms with Crippen LogP contribution in [0.2, 0.25) is 0 Å². The van der Waals surface area contributed by atoms with Gasteiger partial charge in [-0.15, -0.1) is 0 Å². The molecule has 3 heteroatoms. The third-order valence-corrected chi connectivity index (χ3v) is 3.17. The third-order valence-electron chi connectivity index (χ3n) is 3.17. The van der Waals surface area contributed by atoms with Crippen molar-refractivity contribution in [2.45, 2.75) is 38.9 Å². The lowest BCUT2D eigenvalue weighted by Crippen LogP contribution is -2.33. The molecule has 3 nitrogen and oxygen atoms in total. The van der Waals surface area contributed by atoms with Gasteiger partial charge in [-0.1, -0.05) is 44.2 Å². The van der Waals surface area contributed by atoms with E-state index >= 15 is 0 Å². The zero-order valence-electron chi connectivity index (χ0n) is 11.4. The van der Waals surface area contributed by atoms with Crippen LogP contribution in [0.5, 0.6) is 0 Å². The lowest BCUT2D eigenvalue weighted by Gasteiger charge is -2.24. The van der Waals surface area contributed by atoms with Crippen LogP contribution < -0.4 is 0 Å². The molecule has 0 aliphatic rings. The minimum Gasteiger partial charge on any atom is -0.388 e. The number of rotatable bonds is 9. The second-order valence-electron chi connectivity index (χ2n) is 4.52. The Labute approximate surface area is 110 Å². The normalized spacial score (nSPS) is 11.7. The predicted octanol–water partition coefficient (Wildman–Crippen LogP) is 2.77. The maximum absolute atomic E-state index is 10.00. The zero-order chi connectivity index (χ0) is 13.3. The van der Waals surface area contributed by atoms with Gasteiger partial charge in [0.25, 0.3) is 0 Å². The van der Waals surface area contributed by atoms with Gasteiger partial charge in [-0.25, -0.2) is 0 Å². The monoisotopic (exact) mass is 252 g/mol. The summed E-state index contributed by atoms with van der Waals surface area (Å²) in [5, 5.41) is 10.00. The summed E-state index contributed by atoms with van der Waals surface area (Å²) < 4.78 is 10.9. The van der Waals surface area contributed by atoms with Crippen LogP contribution >= 0.6 is 0 Å². The second-order valence-corrected chi connectivity index (χ2v) is 4.52. The van der Waals surface area contributed by atoms with E-state index in [4.69, 9.17) is 9.47 Å². The van der Waals surface area contributed by atoms with E-state index < -0.39 is 5.60 Å². The molecule has 0 aromatic heterocycles. The average Bonchev–Trinajstić information content (AvgIpc) is 2.43. The predicted molar refractivity (Wildman–Crippen MR) is 72.4 cm³/mol. The van der Waals surface area contributed by atoms with Crippen molar-refractivity contribution >= 4 is 0 Å². The molecule has 0 atom stereocenters. The Balaban J connectivity index is 2.06. The molecule has 1 aromatic rings. The fourth-order valence-corrected chi connectivity index (χ4v) is 1.60. The highest BCUT2D eigenvalue weighted by Gasteiger charge is 2.21. The van der Waals surface area contributed by atoms with E-state index in [0.29, 0.717) is 39.3 Å². The lowest BCUT2D eigenvalue weighted by atomic mass is 9.99. The Morgan fingerprint density at radius 2 is 1.61 bits per heavy atom. The Bertz CT molecular complexity index is 307. The summed E-state index contributed by atoms with van der Waals surface area (Å²) in [6.45, 7) is 6.01. The molecule has 0 aliphatic carbocycles. The highest BCUT2D eigenvalue weighted by molar-refractivity contribution is 5.13. The van der Waals surface area contributed by atoms with Crippen molar-refractivity contribution in [3.63, 3.8) is 0 Å². The number of ether oxygens (including phenoxy) is 2. The fourth-order valence-electron chi connectivity index (χ4n) is 1.60. The van der Waals surface area contributed by atoms with Crippen molar-refractivity contribution in [2.75, 3.05) is 19.8 Å². The molecule has 18 heavy (non-hydrogen) atoms. The van der Waals surface area contributed by atoms with E-state index in [-0.39, 0.29) is 0 Å². The Kier molecular flexibility index (Phi) is 6.94.